The number of hydrogen-bond donors (Lipinski definition) is 3. The lowest BCUT2D eigenvalue weighted by Gasteiger charge is -2.09. The van der Waals surface area contributed by atoms with Crippen molar-refractivity contribution < 1.29 is 19.7 Å². The number of carboxylic acids is 1. The van der Waals surface area contributed by atoms with Gasteiger partial charge in [0, 0.05) is 13.0 Å². The maximum absolute atomic E-state index is 12.5. The van der Waals surface area contributed by atoms with Gasteiger partial charge < -0.3 is 14.9 Å². The van der Waals surface area contributed by atoms with Crippen LogP contribution in [0.25, 0.3) is 0 Å². The monoisotopic (exact) mass is 438 g/mol. The van der Waals surface area contributed by atoms with E-state index in [-0.39, 0.29) is 35.6 Å². The third kappa shape index (κ3) is 5.42. The van der Waals surface area contributed by atoms with Crippen LogP contribution in [0, 0.1) is 6.92 Å². The number of carboxylic acid groups (broad SMARTS) is 1. The van der Waals surface area contributed by atoms with Gasteiger partial charge in [0.15, 0.2) is 5.69 Å². The molecule has 168 valence electrons. The summed E-state index contributed by atoms with van der Waals surface area (Å²) in [5, 5.41) is 30.4. The molecule has 0 aliphatic rings. The Bertz CT molecular complexity index is 1180. The number of nitrogens with one attached hydrogen (secondary N) is 1. The number of aromatic nitrogens is 2. The van der Waals surface area contributed by atoms with E-state index in [0.717, 1.165) is 11.3 Å². The molecule has 2 aromatic carbocycles. The molecule has 1 heterocycles. The Labute approximate surface area is 185 Å². The molecule has 9 nitrogen and oxygen atoms in total. The van der Waals surface area contributed by atoms with Gasteiger partial charge >= 0.3 is 5.97 Å². The van der Waals surface area contributed by atoms with Crippen LogP contribution in [0.4, 0.5) is 11.4 Å². The molecule has 0 radical (unpaired) electrons. The Morgan fingerprint density at radius 3 is 2.56 bits per heavy atom. The van der Waals surface area contributed by atoms with Crippen molar-refractivity contribution in [1.29, 1.82) is 0 Å². The van der Waals surface area contributed by atoms with Gasteiger partial charge in [0.2, 0.25) is 0 Å². The van der Waals surface area contributed by atoms with Crippen molar-refractivity contribution in [2.24, 2.45) is 10.2 Å². The molecule has 0 fully saturated rings. The molecule has 0 saturated carbocycles. The molecule has 9 heteroatoms. The molecule has 0 spiro atoms. The highest BCUT2D eigenvalue weighted by Crippen LogP contribution is 2.32. The zero-order valence-corrected chi connectivity index (χ0v) is 18.0. The van der Waals surface area contributed by atoms with Crippen molar-refractivity contribution >= 4 is 17.3 Å². The fourth-order valence-corrected chi connectivity index (χ4v) is 3.40. The molecule has 3 rings (SSSR count). The second-order valence-electron chi connectivity index (χ2n) is 7.34. The molecule has 0 bridgehead atoms. The van der Waals surface area contributed by atoms with Crippen molar-refractivity contribution in [3.05, 3.63) is 69.6 Å². The average Bonchev–Trinajstić information content (AvgIpc) is 3.04. The number of nitrogens with zero attached hydrogens (tertiary/aromatic N) is 3. The smallest absolute Gasteiger partial charge is 0.303 e. The molecule has 0 unspecified atom stereocenters. The first-order valence-electron chi connectivity index (χ1n) is 10.3. The second-order valence-corrected chi connectivity index (χ2v) is 7.34. The summed E-state index contributed by atoms with van der Waals surface area (Å²) < 4.78 is 6.69. The predicted molar refractivity (Wildman–Crippen MR) is 119 cm³/mol. The number of phenols is 1. The fraction of sp³-hybridized carbons (Fsp3) is 0.304. The minimum absolute atomic E-state index is 0.0149. The van der Waals surface area contributed by atoms with Crippen molar-refractivity contribution in [3.63, 3.8) is 0 Å². The highest BCUT2D eigenvalue weighted by Gasteiger charge is 2.13. The van der Waals surface area contributed by atoms with Crippen LogP contribution in [0.2, 0.25) is 0 Å². The summed E-state index contributed by atoms with van der Waals surface area (Å²) in [7, 11) is 1.63. The van der Waals surface area contributed by atoms with Crippen LogP contribution in [-0.2, 0) is 24.2 Å². The molecule has 32 heavy (non-hydrogen) atoms. The number of hydrogen-bond acceptors (Lipinski definition) is 6. The van der Waals surface area contributed by atoms with Gasteiger partial charge in [-0.05, 0) is 49.4 Å². The molecule has 0 amide bonds. The van der Waals surface area contributed by atoms with Crippen LogP contribution in [0.3, 0.4) is 0 Å². The van der Waals surface area contributed by atoms with Crippen molar-refractivity contribution in [3.8, 4) is 11.5 Å². The number of aliphatic carboxylic acids is 1. The van der Waals surface area contributed by atoms with Gasteiger partial charge in [0.25, 0.3) is 5.56 Å². The Balaban J connectivity index is 1.75. The van der Waals surface area contributed by atoms with Crippen LogP contribution in [0.15, 0.2) is 57.5 Å². The third-order valence-electron chi connectivity index (χ3n) is 5.09. The quantitative estimate of drug-likeness (QED) is 0.407. The van der Waals surface area contributed by atoms with E-state index in [1.165, 1.54) is 4.68 Å². The zero-order chi connectivity index (χ0) is 23.1. The minimum Gasteiger partial charge on any atom is -0.505 e. The van der Waals surface area contributed by atoms with Gasteiger partial charge in [-0.15, -0.1) is 10.2 Å². The number of phenolic OH excluding ortho intramolecular Hbond substituents is 1. The summed E-state index contributed by atoms with van der Waals surface area (Å²) in [5.74, 6) is -0.103. The summed E-state index contributed by atoms with van der Waals surface area (Å²) in [4.78, 5) is 23.2. The summed E-state index contributed by atoms with van der Waals surface area (Å²) in [6.45, 7) is 1.93. The van der Waals surface area contributed by atoms with Crippen LogP contribution >= 0.6 is 0 Å². The normalized spacial score (nSPS) is 11.2. The SMILES string of the molecule is COc1ccccc1CCc1cccc(N=Nc2c(C)[nH]n(CCCC(=O)O)c2=O)c1O. The number of para-hydroxylation sites is 2. The number of carbonyl (C=O) groups is 1. The Kier molecular flexibility index (Phi) is 7.43. The fourth-order valence-electron chi connectivity index (χ4n) is 3.40. The van der Waals surface area contributed by atoms with E-state index in [9.17, 15) is 14.7 Å². The van der Waals surface area contributed by atoms with Crippen LogP contribution in [0.5, 0.6) is 11.5 Å². The molecule has 1 aromatic heterocycles. The first kappa shape index (κ1) is 22.8. The number of methoxy groups -OCH3 is 1. The van der Waals surface area contributed by atoms with Crippen LogP contribution < -0.4 is 10.3 Å². The van der Waals surface area contributed by atoms with E-state index in [4.69, 9.17) is 9.84 Å². The molecule has 0 saturated heterocycles. The standard InChI is InChI=1S/C23H26N4O5/c1-15-21(23(31)27(26-15)14-6-11-20(28)29)25-24-18-9-5-8-17(22(18)30)13-12-16-7-3-4-10-19(16)32-2/h3-5,7-10,26,30H,6,11-14H2,1-2H3,(H,28,29). The topological polar surface area (TPSA) is 129 Å². The molecule has 3 aromatic rings. The first-order valence-corrected chi connectivity index (χ1v) is 10.3. The highest BCUT2D eigenvalue weighted by atomic mass is 16.5. The number of aromatic hydroxyl groups is 1. The van der Waals surface area contributed by atoms with Crippen molar-refractivity contribution in [2.45, 2.75) is 39.2 Å². The van der Waals surface area contributed by atoms with Gasteiger partial charge in [-0.25, -0.2) is 0 Å². The lowest BCUT2D eigenvalue weighted by Crippen LogP contribution is -2.17. The zero-order valence-electron chi connectivity index (χ0n) is 18.0. The maximum Gasteiger partial charge on any atom is 0.303 e. The largest absolute Gasteiger partial charge is 0.505 e. The summed E-state index contributed by atoms with van der Waals surface area (Å²) >= 11 is 0. The molecule has 0 aliphatic carbocycles. The summed E-state index contributed by atoms with van der Waals surface area (Å²) in [6, 6.07) is 12.9. The first-order chi connectivity index (χ1) is 15.4. The van der Waals surface area contributed by atoms with E-state index < -0.39 is 5.97 Å². The molecular formula is C23H26N4O5. The lowest BCUT2D eigenvalue weighted by molar-refractivity contribution is -0.137. The predicted octanol–water partition coefficient (Wildman–Crippen LogP) is 4.26. The van der Waals surface area contributed by atoms with Crippen molar-refractivity contribution in [2.75, 3.05) is 7.11 Å². The number of ether oxygens (including phenoxy) is 1. The number of H-pyrrole nitrogens is 1. The van der Waals surface area contributed by atoms with Crippen LogP contribution in [-0.4, -0.2) is 33.1 Å². The van der Waals surface area contributed by atoms with E-state index in [2.05, 4.69) is 15.3 Å². The maximum atomic E-state index is 12.5. The number of aryl methyl sites for hydroxylation is 4. The van der Waals surface area contributed by atoms with E-state index in [1.54, 1.807) is 26.2 Å². The molecule has 0 atom stereocenters. The number of benzene rings is 2. The van der Waals surface area contributed by atoms with Gasteiger partial charge in [0.1, 0.15) is 17.2 Å². The van der Waals surface area contributed by atoms with Crippen molar-refractivity contribution in [1.82, 2.24) is 9.78 Å². The van der Waals surface area contributed by atoms with Gasteiger partial charge in [-0.3, -0.25) is 19.4 Å². The van der Waals surface area contributed by atoms with Gasteiger partial charge in [0.05, 0.1) is 12.8 Å². The third-order valence-corrected chi connectivity index (χ3v) is 5.09. The van der Waals surface area contributed by atoms with E-state index in [1.807, 2.05) is 30.3 Å². The number of aromatic amines is 1. The number of rotatable bonds is 10. The molecular weight excluding hydrogens is 412 g/mol. The summed E-state index contributed by atoms with van der Waals surface area (Å²) in [5.41, 5.74) is 2.26. The molecule has 3 N–H and O–H groups in total. The second kappa shape index (κ2) is 10.4. The van der Waals surface area contributed by atoms with Gasteiger partial charge in [-0.1, -0.05) is 30.3 Å². The average molecular weight is 438 g/mol. The lowest BCUT2D eigenvalue weighted by atomic mass is 10.0. The van der Waals surface area contributed by atoms with Gasteiger partial charge in [-0.2, -0.15) is 0 Å². The highest BCUT2D eigenvalue weighted by molar-refractivity contribution is 5.66. The Morgan fingerprint density at radius 2 is 1.81 bits per heavy atom. The molecule has 0 aliphatic heterocycles. The number of azo groups is 1. The van der Waals surface area contributed by atoms with Crippen LogP contribution in [0.1, 0.15) is 29.7 Å². The Hall–Kier alpha value is -3.88. The van der Waals surface area contributed by atoms with E-state index >= 15 is 0 Å². The summed E-state index contributed by atoms with van der Waals surface area (Å²) in [6.07, 6.45) is 1.54. The van der Waals surface area contributed by atoms with E-state index in [0.29, 0.717) is 30.5 Å². The minimum atomic E-state index is -0.915. The Morgan fingerprint density at radius 1 is 1.09 bits per heavy atom.